The molecule has 3 nitrogen and oxygen atoms in total. The maximum Gasteiger partial charge on any atom is 0.321 e. The van der Waals surface area contributed by atoms with Gasteiger partial charge in [0.05, 0.1) is 0 Å². The Morgan fingerprint density at radius 2 is 2.15 bits per heavy atom. The third kappa shape index (κ3) is 4.52. The van der Waals surface area contributed by atoms with Crippen LogP contribution in [0.25, 0.3) is 0 Å². The highest BCUT2D eigenvalue weighted by molar-refractivity contribution is 8.00. The average molecular weight is 205 g/mol. The van der Waals surface area contributed by atoms with Crippen LogP contribution in [0.3, 0.4) is 0 Å². The number of carboxylic acids is 1. The van der Waals surface area contributed by atoms with Crippen LogP contribution in [-0.4, -0.2) is 27.6 Å². The largest absolute Gasteiger partial charge is 0.480 e. The monoisotopic (exact) mass is 205 g/mol. The molecule has 0 rings (SSSR count). The summed E-state index contributed by atoms with van der Waals surface area (Å²) in [6.45, 7) is 5.88. The highest BCUT2D eigenvalue weighted by Gasteiger charge is 2.31. The first-order chi connectivity index (χ1) is 5.91. The number of hydrogen-bond donors (Lipinski definition) is 2. The van der Waals surface area contributed by atoms with E-state index in [-0.39, 0.29) is 4.75 Å². The van der Waals surface area contributed by atoms with Gasteiger partial charge in [0.25, 0.3) is 0 Å². The molecule has 0 aromatic carbocycles. The van der Waals surface area contributed by atoms with Crippen LogP contribution in [0.15, 0.2) is 0 Å². The van der Waals surface area contributed by atoms with Crippen LogP contribution in [-0.2, 0) is 4.79 Å². The molecule has 0 spiro atoms. The molecule has 0 aromatic rings. The van der Waals surface area contributed by atoms with Crippen LogP contribution < -0.4 is 5.73 Å². The molecule has 0 fully saturated rings. The van der Waals surface area contributed by atoms with Gasteiger partial charge in [0.2, 0.25) is 0 Å². The van der Waals surface area contributed by atoms with Gasteiger partial charge in [-0.2, -0.15) is 11.8 Å². The fourth-order valence-corrected chi connectivity index (χ4v) is 2.11. The van der Waals surface area contributed by atoms with Gasteiger partial charge in [0.1, 0.15) is 6.04 Å². The van der Waals surface area contributed by atoms with Gasteiger partial charge in [-0.15, -0.1) is 0 Å². The van der Waals surface area contributed by atoms with Crippen LogP contribution in [0.1, 0.15) is 33.6 Å². The smallest absolute Gasteiger partial charge is 0.321 e. The molecule has 1 atom stereocenters. The van der Waals surface area contributed by atoms with E-state index in [1.165, 1.54) is 0 Å². The van der Waals surface area contributed by atoms with Crippen LogP contribution in [0, 0.1) is 0 Å². The van der Waals surface area contributed by atoms with Gasteiger partial charge in [-0.05, 0) is 26.0 Å². The Morgan fingerprint density at radius 1 is 1.62 bits per heavy atom. The number of thioether (sulfide) groups is 1. The minimum atomic E-state index is -0.922. The lowest BCUT2D eigenvalue weighted by molar-refractivity contribution is -0.139. The van der Waals surface area contributed by atoms with E-state index in [1.54, 1.807) is 11.8 Å². The standard InChI is InChI=1S/C9H19NO2S/c1-4-5-6-13-9(2,3)7(10)8(11)12/h7H,4-6,10H2,1-3H3,(H,11,12)/t7-/m0/s1. The molecular formula is C9H19NO2S. The highest BCUT2D eigenvalue weighted by atomic mass is 32.2. The number of carboxylic acid groups (broad SMARTS) is 1. The summed E-state index contributed by atoms with van der Waals surface area (Å²) in [5.74, 6) is 0.0544. The van der Waals surface area contributed by atoms with Gasteiger partial charge in [0.15, 0.2) is 0 Å². The Labute approximate surface area is 84.1 Å². The Hall–Kier alpha value is -0.220. The number of hydrogen-bond acceptors (Lipinski definition) is 3. The summed E-state index contributed by atoms with van der Waals surface area (Å²) >= 11 is 1.63. The van der Waals surface area contributed by atoms with E-state index in [0.717, 1.165) is 18.6 Å². The molecular weight excluding hydrogens is 186 g/mol. The molecule has 0 aliphatic carbocycles. The fraction of sp³-hybridized carbons (Fsp3) is 0.889. The summed E-state index contributed by atoms with van der Waals surface area (Å²) < 4.78 is -0.374. The second-order valence-corrected chi connectivity index (χ2v) is 5.37. The summed E-state index contributed by atoms with van der Waals surface area (Å²) in [6.07, 6.45) is 2.24. The summed E-state index contributed by atoms with van der Waals surface area (Å²) in [4.78, 5) is 10.6. The Kier molecular flexibility index (Phi) is 5.40. The Bertz CT molecular complexity index is 171. The molecule has 0 aliphatic heterocycles. The van der Waals surface area contributed by atoms with E-state index in [2.05, 4.69) is 6.92 Å². The molecule has 0 heterocycles. The van der Waals surface area contributed by atoms with Crippen LogP contribution >= 0.6 is 11.8 Å². The molecule has 0 saturated heterocycles. The van der Waals surface area contributed by atoms with E-state index in [4.69, 9.17) is 10.8 Å². The highest BCUT2D eigenvalue weighted by Crippen LogP contribution is 2.28. The van der Waals surface area contributed by atoms with Crippen LogP contribution in [0.4, 0.5) is 0 Å². The third-order valence-electron chi connectivity index (χ3n) is 1.99. The number of unbranched alkanes of at least 4 members (excludes halogenated alkanes) is 1. The summed E-state index contributed by atoms with van der Waals surface area (Å²) in [7, 11) is 0. The van der Waals surface area contributed by atoms with Crippen molar-refractivity contribution >= 4 is 17.7 Å². The van der Waals surface area contributed by atoms with Crippen molar-refractivity contribution in [1.29, 1.82) is 0 Å². The third-order valence-corrected chi connectivity index (χ3v) is 3.48. The number of rotatable bonds is 6. The van der Waals surface area contributed by atoms with Crippen molar-refractivity contribution in [2.24, 2.45) is 5.73 Å². The molecule has 0 unspecified atom stereocenters. The first kappa shape index (κ1) is 12.8. The normalized spacial score (nSPS) is 14.2. The van der Waals surface area contributed by atoms with Gasteiger partial charge in [-0.1, -0.05) is 13.3 Å². The molecule has 0 radical (unpaired) electrons. The molecule has 0 amide bonds. The maximum atomic E-state index is 10.6. The minimum absolute atomic E-state index is 0.374. The van der Waals surface area contributed by atoms with Gasteiger partial charge in [-0.25, -0.2) is 0 Å². The zero-order valence-electron chi connectivity index (χ0n) is 8.54. The van der Waals surface area contributed by atoms with Crippen molar-refractivity contribution in [3.63, 3.8) is 0 Å². The predicted molar refractivity (Wildman–Crippen MR) is 57.1 cm³/mol. The van der Waals surface area contributed by atoms with Crippen molar-refractivity contribution in [3.05, 3.63) is 0 Å². The van der Waals surface area contributed by atoms with Crippen molar-refractivity contribution in [2.45, 2.75) is 44.4 Å². The van der Waals surface area contributed by atoms with E-state index in [9.17, 15) is 4.79 Å². The zero-order chi connectivity index (χ0) is 10.5. The van der Waals surface area contributed by atoms with Gasteiger partial charge in [-0.3, -0.25) is 4.79 Å². The van der Waals surface area contributed by atoms with E-state index in [1.807, 2.05) is 13.8 Å². The number of aliphatic carboxylic acids is 1. The molecule has 0 aliphatic rings. The summed E-state index contributed by atoms with van der Waals surface area (Å²) in [6, 6.07) is -0.783. The molecule has 4 heteroatoms. The van der Waals surface area contributed by atoms with E-state index in [0.29, 0.717) is 0 Å². The van der Waals surface area contributed by atoms with E-state index >= 15 is 0 Å². The number of nitrogens with two attached hydrogens (primary N) is 1. The number of carbonyl (C=O) groups is 1. The molecule has 0 aromatic heterocycles. The first-order valence-corrected chi connectivity index (χ1v) is 5.52. The molecule has 3 N–H and O–H groups in total. The SMILES string of the molecule is CCCCSC(C)(C)[C@@H](N)C(=O)O. The van der Waals surface area contributed by atoms with Gasteiger partial charge in [0, 0.05) is 4.75 Å². The molecule has 13 heavy (non-hydrogen) atoms. The van der Waals surface area contributed by atoms with Gasteiger partial charge >= 0.3 is 5.97 Å². The lowest BCUT2D eigenvalue weighted by Crippen LogP contribution is -2.46. The van der Waals surface area contributed by atoms with Crippen molar-refractivity contribution in [1.82, 2.24) is 0 Å². The quantitative estimate of drug-likeness (QED) is 0.648. The lowest BCUT2D eigenvalue weighted by atomic mass is 10.1. The second-order valence-electron chi connectivity index (χ2n) is 3.62. The summed E-state index contributed by atoms with van der Waals surface area (Å²) in [5, 5.41) is 8.74. The second kappa shape index (κ2) is 5.50. The molecule has 78 valence electrons. The van der Waals surface area contributed by atoms with Crippen molar-refractivity contribution in [3.8, 4) is 0 Å². The zero-order valence-corrected chi connectivity index (χ0v) is 9.36. The molecule has 0 bridgehead atoms. The predicted octanol–water partition coefficient (Wildman–Crippen LogP) is 1.71. The Balaban J connectivity index is 3.98. The van der Waals surface area contributed by atoms with Gasteiger partial charge < -0.3 is 10.8 Å². The lowest BCUT2D eigenvalue weighted by Gasteiger charge is -2.27. The van der Waals surface area contributed by atoms with Crippen molar-refractivity contribution < 1.29 is 9.90 Å². The average Bonchev–Trinajstić information content (AvgIpc) is 2.03. The topological polar surface area (TPSA) is 63.3 Å². The minimum Gasteiger partial charge on any atom is -0.480 e. The van der Waals surface area contributed by atoms with Crippen molar-refractivity contribution in [2.75, 3.05) is 5.75 Å². The first-order valence-electron chi connectivity index (χ1n) is 4.54. The molecule has 0 saturated carbocycles. The maximum absolute atomic E-state index is 10.6. The van der Waals surface area contributed by atoms with E-state index < -0.39 is 12.0 Å². The van der Waals surface area contributed by atoms with Crippen LogP contribution in [0.5, 0.6) is 0 Å². The summed E-state index contributed by atoms with van der Waals surface area (Å²) in [5.41, 5.74) is 5.56. The van der Waals surface area contributed by atoms with Crippen LogP contribution in [0.2, 0.25) is 0 Å². The fourth-order valence-electron chi connectivity index (χ4n) is 0.867. The Morgan fingerprint density at radius 3 is 2.54 bits per heavy atom.